The van der Waals surface area contributed by atoms with Crippen molar-refractivity contribution in [2.75, 3.05) is 0 Å². The molecule has 0 amide bonds. The monoisotopic (exact) mass is 259 g/mol. The molecular weight excluding hydrogens is 246 g/mol. The number of aryl methyl sites for hydroxylation is 2. The lowest BCUT2D eigenvalue weighted by Gasteiger charge is -2.07. The molecule has 0 fully saturated rings. The molecule has 19 heavy (non-hydrogen) atoms. The van der Waals surface area contributed by atoms with Crippen molar-refractivity contribution in [2.24, 2.45) is 7.05 Å². The first-order valence-corrected chi connectivity index (χ1v) is 5.90. The molecule has 1 unspecified atom stereocenters. The second kappa shape index (κ2) is 4.13. The van der Waals surface area contributed by atoms with Gasteiger partial charge in [-0.25, -0.2) is 4.79 Å². The van der Waals surface area contributed by atoms with Crippen LogP contribution in [0.4, 0.5) is 0 Å². The average Bonchev–Trinajstić information content (AvgIpc) is 2.94. The summed E-state index contributed by atoms with van der Waals surface area (Å²) in [7, 11) is 1.64. The molecular formula is C14H13NO4. The van der Waals surface area contributed by atoms with E-state index in [1.165, 1.54) is 4.57 Å². The topological polar surface area (TPSA) is 68.5 Å². The summed E-state index contributed by atoms with van der Waals surface area (Å²) >= 11 is 0. The van der Waals surface area contributed by atoms with Crippen molar-refractivity contribution in [1.82, 2.24) is 4.57 Å². The van der Waals surface area contributed by atoms with Crippen LogP contribution in [0.5, 0.6) is 0 Å². The molecule has 0 saturated carbocycles. The van der Waals surface area contributed by atoms with Gasteiger partial charge in [-0.05, 0) is 36.8 Å². The van der Waals surface area contributed by atoms with Gasteiger partial charge in [0.2, 0.25) is 0 Å². The quantitative estimate of drug-likeness (QED) is 0.765. The van der Waals surface area contributed by atoms with Gasteiger partial charge in [-0.3, -0.25) is 4.57 Å². The second-order valence-electron chi connectivity index (χ2n) is 4.51. The molecule has 0 aliphatic heterocycles. The van der Waals surface area contributed by atoms with Crippen molar-refractivity contribution in [3.8, 4) is 0 Å². The van der Waals surface area contributed by atoms with Gasteiger partial charge in [-0.1, -0.05) is 6.07 Å². The molecule has 3 rings (SSSR count). The number of fused-ring (bicyclic) bond motifs is 1. The standard InChI is InChI=1S/C14H13NO4/c1-8-3-6-11(18-8)13(16)9-4-5-10-12(7-9)19-14(17)15(10)2/h3-7,13,16H,1-2H3. The molecule has 3 aromatic rings. The Balaban J connectivity index is 2.08. The first kappa shape index (κ1) is 11.8. The van der Waals surface area contributed by atoms with Crippen molar-refractivity contribution >= 4 is 11.1 Å². The Bertz CT molecular complexity index is 793. The maximum atomic E-state index is 11.4. The highest BCUT2D eigenvalue weighted by Gasteiger charge is 2.16. The Labute approximate surface area is 108 Å². The largest absolute Gasteiger partial charge is 0.463 e. The van der Waals surface area contributed by atoms with Crippen LogP contribution in [-0.2, 0) is 7.05 Å². The first-order valence-electron chi connectivity index (χ1n) is 5.90. The van der Waals surface area contributed by atoms with Gasteiger partial charge >= 0.3 is 5.76 Å². The van der Waals surface area contributed by atoms with E-state index in [-0.39, 0.29) is 0 Å². The molecule has 98 valence electrons. The van der Waals surface area contributed by atoms with Crippen molar-refractivity contribution in [3.63, 3.8) is 0 Å². The second-order valence-corrected chi connectivity index (χ2v) is 4.51. The van der Waals surface area contributed by atoms with E-state index in [9.17, 15) is 9.90 Å². The minimum atomic E-state index is -0.872. The van der Waals surface area contributed by atoms with Crippen LogP contribution in [-0.4, -0.2) is 9.67 Å². The molecule has 0 aliphatic rings. The van der Waals surface area contributed by atoms with E-state index >= 15 is 0 Å². The smallest absolute Gasteiger partial charge is 0.419 e. The molecule has 1 aromatic carbocycles. The fraction of sp³-hybridized carbons (Fsp3) is 0.214. The summed E-state index contributed by atoms with van der Waals surface area (Å²) in [5.41, 5.74) is 1.76. The summed E-state index contributed by atoms with van der Waals surface area (Å²) in [5, 5.41) is 10.2. The molecule has 5 nitrogen and oxygen atoms in total. The van der Waals surface area contributed by atoms with E-state index in [4.69, 9.17) is 8.83 Å². The van der Waals surface area contributed by atoms with Crippen LogP contribution < -0.4 is 5.76 Å². The summed E-state index contributed by atoms with van der Waals surface area (Å²) in [6.07, 6.45) is -0.872. The molecule has 0 saturated heterocycles. The average molecular weight is 259 g/mol. The number of aromatic nitrogens is 1. The van der Waals surface area contributed by atoms with Gasteiger partial charge in [0.15, 0.2) is 5.58 Å². The number of oxazole rings is 1. The molecule has 0 aliphatic carbocycles. The van der Waals surface area contributed by atoms with Gasteiger partial charge in [-0.2, -0.15) is 0 Å². The van der Waals surface area contributed by atoms with Gasteiger partial charge in [0.05, 0.1) is 5.52 Å². The van der Waals surface area contributed by atoms with E-state index < -0.39 is 11.9 Å². The van der Waals surface area contributed by atoms with E-state index in [0.717, 1.165) is 5.76 Å². The number of hydrogen-bond acceptors (Lipinski definition) is 4. The lowest BCUT2D eigenvalue weighted by molar-refractivity contribution is 0.187. The zero-order valence-electron chi connectivity index (χ0n) is 10.6. The predicted octanol–water partition coefficient (Wildman–Crippen LogP) is 2.11. The predicted molar refractivity (Wildman–Crippen MR) is 69.0 cm³/mol. The number of aliphatic hydroxyl groups excluding tert-OH is 1. The minimum Gasteiger partial charge on any atom is -0.463 e. The van der Waals surface area contributed by atoms with Crippen molar-refractivity contribution < 1.29 is 13.9 Å². The Morgan fingerprint density at radius 3 is 2.68 bits per heavy atom. The molecule has 0 bridgehead atoms. The molecule has 2 aromatic heterocycles. The number of furan rings is 1. The first-order chi connectivity index (χ1) is 9.06. The fourth-order valence-corrected chi connectivity index (χ4v) is 2.09. The van der Waals surface area contributed by atoms with E-state index in [0.29, 0.717) is 22.4 Å². The SMILES string of the molecule is Cc1ccc(C(O)c2ccc3c(c2)oc(=O)n3C)o1. The van der Waals surface area contributed by atoms with Gasteiger partial charge in [0.25, 0.3) is 0 Å². The van der Waals surface area contributed by atoms with Gasteiger partial charge in [0, 0.05) is 7.05 Å². The Hall–Kier alpha value is -2.27. The highest BCUT2D eigenvalue weighted by molar-refractivity contribution is 5.73. The number of nitrogens with zero attached hydrogens (tertiary/aromatic N) is 1. The fourth-order valence-electron chi connectivity index (χ4n) is 2.09. The Morgan fingerprint density at radius 1 is 1.21 bits per heavy atom. The summed E-state index contributed by atoms with van der Waals surface area (Å²) in [5.74, 6) is 0.784. The zero-order valence-corrected chi connectivity index (χ0v) is 10.6. The van der Waals surface area contributed by atoms with Crippen molar-refractivity contribution in [1.29, 1.82) is 0 Å². The highest BCUT2D eigenvalue weighted by atomic mass is 16.4. The van der Waals surface area contributed by atoms with E-state index in [2.05, 4.69) is 0 Å². The van der Waals surface area contributed by atoms with Gasteiger partial charge in [-0.15, -0.1) is 0 Å². The van der Waals surface area contributed by atoms with E-state index in [1.807, 2.05) is 6.92 Å². The number of benzene rings is 1. The number of hydrogen-bond donors (Lipinski definition) is 1. The molecule has 1 N–H and O–H groups in total. The summed E-state index contributed by atoms with van der Waals surface area (Å²) in [6, 6.07) is 8.67. The summed E-state index contributed by atoms with van der Waals surface area (Å²) in [6.45, 7) is 1.82. The van der Waals surface area contributed by atoms with Crippen LogP contribution in [0.3, 0.4) is 0 Å². The summed E-state index contributed by atoms with van der Waals surface area (Å²) < 4.78 is 11.9. The maximum absolute atomic E-state index is 11.4. The van der Waals surface area contributed by atoms with Crippen LogP contribution in [0.1, 0.15) is 23.2 Å². The third-order valence-electron chi connectivity index (χ3n) is 3.16. The Morgan fingerprint density at radius 2 is 2.00 bits per heavy atom. The van der Waals surface area contributed by atoms with Gasteiger partial charge in [0.1, 0.15) is 17.6 Å². The molecule has 0 radical (unpaired) electrons. The number of rotatable bonds is 2. The molecule has 2 heterocycles. The van der Waals surface area contributed by atoms with Crippen LogP contribution in [0.2, 0.25) is 0 Å². The molecule has 0 spiro atoms. The minimum absolute atomic E-state index is 0.421. The zero-order chi connectivity index (χ0) is 13.6. The third kappa shape index (κ3) is 1.88. The maximum Gasteiger partial charge on any atom is 0.419 e. The third-order valence-corrected chi connectivity index (χ3v) is 3.16. The van der Waals surface area contributed by atoms with Crippen LogP contribution in [0, 0.1) is 6.92 Å². The summed E-state index contributed by atoms with van der Waals surface area (Å²) in [4.78, 5) is 11.4. The van der Waals surface area contributed by atoms with Crippen molar-refractivity contribution in [2.45, 2.75) is 13.0 Å². The lowest BCUT2D eigenvalue weighted by atomic mass is 10.1. The highest BCUT2D eigenvalue weighted by Crippen LogP contribution is 2.26. The van der Waals surface area contributed by atoms with Crippen LogP contribution in [0.25, 0.3) is 11.1 Å². The number of aliphatic hydroxyl groups is 1. The van der Waals surface area contributed by atoms with Crippen LogP contribution >= 0.6 is 0 Å². The van der Waals surface area contributed by atoms with Gasteiger partial charge < -0.3 is 13.9 Å². The van der Waals surface area contributed by atoms with Crippen LogP contribution in [0.15, 0.2) is 44.0 Å². The normalized spacial score (nSPS) is 13.0. The molecule has 5 heteroatoms. The molecule has 1 atom stereocenters. The van der Waals surface area contributed by atoms with Crippen molar-refractivity contribution in [3.05, 3.63) is 58.0 Å². The van der Waals surface area contributed by atoms with E-state index in [1.54, 1.807) is 37.4 Å². The Kier molecular flexibility index (Phi) is 2.57. The lowest BCUT2D eigenvalue weighted by Crippen LogP contribution is -2.08.